The van der Waals surface area contributed by atoms with E-state index in [1.54, 1.807) is 36.5 Å². The molecule has 0 saturated carbocycles. The quantitative estimate of drug-likeness (QED) is 0.837. The van der Waals surface area contributed by atoms with Gasteiger partial charge < -0.3 is 4.90 Å². The molecule has 0 N–H and O–H groups in total. The fraction of sp³-hybridized carbons (Fsp3) is 0.200. The summed E-state index contributed by atoms with van der Waals surface area (Å²) in [7, 11) is 1.78. The van der Waals surface area contributed by atoms with Crippen molar-refractivity contribution in [1.82, 2.24) is 9.88 Å². The fourth-order valence-electron chi connectivity index (χ4n) is 1.81. The van der Waals surface area contributed by atoms with Crippen LogP contribution in [0.25, 0.3) is 0 Å². The van der Waals surface area contributed by atoms with Gasteiger partial charge in [0.2, 0.25) is 0 Å². The van der Waals surface area contributed by atoms with E-state index in [1.807, 2.05) is 18.2 Å². The summed E-state index contributed by atoms with van der Waals surface area (Å²) in [5.41, 5.74) is 1.67. The zero-order valence-electron chi connectivity index (χ0n) is 11.0. The van der Waals surface area contributed by atoms with Gasteiger partial charge in [-0.3, -0.25) is 9.78 Å². The van der Waals surface area contributed by atoms with Crippen molar-refractivity contribution >= 4 is 33.4 Å². The van der Waals surface area contributed by atoms with E-state index in [4.69, 9.17) is 11.6 Å². The van der Waals surface area contributed by atoms with E-state index in [1.165, 1.54) is 0 Å². The summed E-state index contributed by atoms with van der Waals surface area (Å²) in [5.74, 6) is -0.0784. The predicted molar refractivity (Wildman–Crippen MR) is 84.1 cm³/mol. The smallest absolute Gasteiger partial charge is 0.255 e. The molecule has 0 aliphatic carbocycles. The highest BCUT2D eigenvalue weighted by molar-refractivity contribution is 9.10. The standard InChI is InChI=1S/C15H14BrClN2O/c1-19(9-6-11-4-7-18-8-5-11)15(20)13-10-12(16)2-3-14(13)17/h2-5,7-8,10H,6,9H2,1H3. The van der Waals surface area contributed by atoms with Gasteiger partial charge >= 0.3 is 0 Å². The van der Waals surface area contributed by atoms with Crippen LogP contribution in [-0.4, -0.2) is 29.4 Å². The van der Waals surface area contributed by atoms with Gasteiger partial charge in [-0.15, -0.1) is 0 Å². The molecule has 0 saturated heterocycles. The molecule has 2 rings (SSSR count). The van der Waals surface area contributed by atoms with Crippen molar-refractivity contribution in [2.75, 3.05) is 13.6 Å². The highest BCUT2D eigenvalue weighted by Gasteiger charge is 2.15. The number of hydrogen-bond acceptors (Lipinski definition) is 2. The minimum Gasteiger partial charge on any atom is -0.341 e. The number of likely N-dealkylation sites (N-methyl/N-ethyl adjacent to an activating group) is 1. The van der Waals surface area contributed by atoms with Crippen LogP contribution >= 0.6 is 27.5 Å². The lowest BCUT2D eigenvalue weighted by molar-refractivity contribution is 0.0796. The molecule has 0 atom stereocenters. The van der Waals surface area contributed by atoms with E-state index in [0.717, 1.165) is 16.5 Å². The van der Waals surface area contributed by atoms with E-state index < -0.39 is 0 Å². The number of halogens is 2. The first-order valence-corrected chi connectivity index (χ1v) is 7.34. The third-order valence-electron chi connectivity index (χ3n) is 2.99. The van der Waals surface area contributed by atoms with Crippen LogP contribution in [0.3, 0.4) is 0 Å². The van der Waals surface area contributed by atoms with Crippen LogP contribution in [0, 0.1) is 0 Å². The summed E-state index contributed by atoms with van der Waals surface area (Å²) in [6, 6.07) is 9.17. The molecule has 1 amide bonds. The molecule has 2 aromatic rings. The Hall–Kier alpha value is -1.39. The van der Waals surface area contributed by atoms with Gasteiger partial charge in [0.05, 0.1) is 10.6 Å². The third-order valence-corrected chi connectivity index (χ3v) is 3.81. The lowest BCUT2D eigenvalue weighted by Crippen LogP contribution is -2.29. The Kier molecular flexibility index (Phi) is 5.15. The molecule has 0 aliphatic rings. The molecule has 3 nitrogen and oxygen atoms in total. The van der Waals surface area contributed by atoms with Crippen molar-refractivity contribution in [2.45, 2.75) is 6.42 Å². The second-order valence-corrected chi connectivity index (χ2v) is 5.78. The molecular weight excluding hydrogens is 340 g/mol. The molecule has 0 bridgehead atoms. The van der Waals surface area contributed by atoms with Crippen molar-refractivity contribution in [2.24, 2.45) is 0 Å². The second kappa shape index (κ2) is 6.86. The van der Waals surface area contributed by atoms with Crippen LogP contribution < -0.4 is 0 Å². The minimum absolute atomic E-state index is 0.0784. The molecule has 0 spiro atoms. The van der Waals surface area contributed by atoms with E-state index in [0.29, 0.717) is 17.1 Å². The SMILES string of the molecule is CN(CCc1ccncc1)C(=O)c1cc(Br)ccc1Cl. The molecule has 5 heteroatoms. The molecular formula is C15H14BrClN2O. The van der Waals surface area contributed by atoms with Crippen LogP contribution in [0.5, 0.6) is 0 Å². The molecule has 1 aromatic heterocycles. The highest BCUT2D eigenvalue weighted by Crippen LogP contribution is 2.22. The lowest BCUT2D eigenvalue weighted by atomic mass is 10.1. The Morgan fingerprint density at radius 3 is 2.70 bits per heavy atom. The Morgan fingerprint density at radius 1 is 1.30 bits per heavy atom. The Bertz CT molecular complexity index is 604. The number of rotatable bonds is 4. The number of aromatic nitrogens is 1. The monoisotopic (exact) mass is 352 g/mol. The first-order valence-electron chi connectivity index (χ1n) is 6.17. The Balaban J connectivity index is 2.03. The lowest BCUT2D eigenvalue weighted by Gasteiger charge is -2.18. The first-order chi connectivity index (χ1) is 9.58. The summed E-state index contributed by atoms with van der Waals surface area (Å²) in [4.78, 5) is 18.0. The number of carbonyl (C=O) groups excluding carboxylic acids is 1. The molecule has 1 heterocycles. The van der Waals surface area contributed by atoms with Gasteiger partial charge in [-0.05, 0) is 42.3 Å². The number of carbonyl (C=O) groups is 1. The van der Waals surface area contributed by atoms with Gasteiger partial charge in [-0.2, -0.15) is 0 Å². The normalized spacial score (nSPS) is 10.3. The van der Waals surface area contributed by atoms with Crippen LogP contribution in [0.15, 0.2) is 47.2 Å². The number of pyridine rings is 1. The van der Waals surface area contributed by atoms with Crippen molar-refractivity contribution in [3.8, 4) is 0 Å². The van der Waals surface area contributed by atoms with Crippen molar-refractivity contribution < 1.29 is 4.79 Å². The number of hydrogen-bond donors (Lipinski definition) is 0. The molecule has 1 aromatic carbocycles. The van der Waals surface area contributed by atoms with Crippen molar-refractivity contribution in [3.63, 3.8) is 0 Å². The molecule has 0 unspecified atom stereocenters. The maximum atomic E-state index is 12.3. The molecule has 104 valence electrons. The van der Waals surface area contributed by atoms with E-state index >= 15 is 0 Å². The Labute approximate surface area is 131 Å². The zero-order valence-corrected chi connectivity index (χ0v) is 13.4. The van der Waals surface area contributed by atoms with E-state index in [9.17, 15) is 4.79 Å². The van der Waals surface area contributed by atoms with E-state index in [-0.39, 0.29) is 5.91 Å². The maximum Gasteiger partial charge on any atom is 0.255 e. The zero-order chi connectivity index (χ0) is 14.5. The average molecular weight is 354 g/mol. The molecule has 20 heavy (non-hydrogen) atoms. The highest BCUT2D eigenvalue weighted by atomic mass is 79.9. The van der Waals surface area contributed by atoms with Gasteiger partial charge in [0.1, 0.15) is 0 Å². The summed E-state index contributed by atoms with van der Waals surface area (Å²) < 4.78 is 0.841. The summed E-state index contributed by atoms with van der Waals surface area (Å²) in [5, 5.41) is 0.467. The topological polar surface area (TPSA) is 33.2 Å². The van der Waals surface area contributed by atoms with Crippen LogP contribution in [0.4, 0.5) is 0 Å². The van der Waals surface area contributed by atoms with Gasteiger partial charge in [-0.1, -0.05) is 27.5 Å². The third kappa shape index (κ3) is 3.81. The molecule has 0 radical (unpaired) electrons. The van der Waals surface area contributed by atoms with Crippen molar-refractivity contribution in [3.05, 3.63) is 63.3 Å². The van der Waals surface area contributed by atoms with Crippen LogP contribution in [0.1, 0.15) is 15.9 Å². The summed E-state index contributed by atoms with van der Waals surface area (Å²) >= 11 is 9.43. The number of nitrogens with zero attached hydrogens (tertiary/aromatic N) is 2. The predicted octanol–water partition coefficient (Wildman–Crippen LogP) is 3.81. The first kappa shape index (κ1) is 15.0. The average Bonchev–Trinajstić information content (AvgIpc) is 2.47. The van der Waals surface area contributed by atoms with Gasteiger partial charge in [0.15, 0.2) is 0 Å². The Morgan fingerprint density at radius 2 is 2.00 bits per heavy atom. The minimum atomic E-state index is -0.0784. The number of amides is 1. The summed E-state index contributed by atoms with van der Waals surface area (Å²) in [6.07, 6.45) is 4.29. The maximum absolute atomic E-state index is 12.3. The number of benzene rings is 1. The molecule has 0 fully saturated rings. The van der Waals surface area contributed by atoms with Crippen molar-refractivity contribution in [1.29, 1.82) is 0 Å². The van der Waals surface area contributed by atoms with Gasteiger partial charge in [-0.25, -0.2) is 0 Å². The van der Waals surface area contributed by atoms with E-state index in [2.05, 4.69) is 20.9 Å². The van der Waals surface area contributed by atoms with Crippen LogP contribution in [-0.2, 0) is 6.42 Å². The summed E-state index contributed by atoms with van der Waals surface area (Å²) in [6.45, 7) is 0.631. The molecule has 0 aliphatic heterocycles. The van der Waals surface area contributed by atoms with Gasteiger partial charge in [0.25, 0.3) is 5.91 Å². The fourth-order valence-corrected chi connectivity index (χ4v) is 2.37. The van der Waals surface area contributed by atoms with Crippen LogP contribution in [0.2, 0.25) is 5.02 Å². The second-order valence-electron chi connectivity index (χ2n) is 4.46. The largest absolute Gasteiger partial charge is 0.341 e. The van der Waals surface area contributed by atoms with Gasteiger partial charge in [0, 0.05) is 30.5 Å².